The monoisotopic (exact) mass is 331 g/mol. The fourth-order valence-corrected chi connectivity index (χ4v) is 3.77. The molecule has 0 N–H and O–H groups in total. The van der Waals surface area contributed by atoms with Gasteiger partial charge in [0.25, 0.3) is 0 Å². The molecule has 3 aliphatic rings. The third kappa shape index (κ3) is 3.35. The Labute approximate surface area is 149 Å². The maximum absolute atomic E-state index is 11.0. The van der Waals surface area contributed by atoms with E-state index in [1.807, 2.05) is 12.1 Å². The van der Waals surface area contributed by atoms with E-state index in [9.17, 15) is 4.79 Å². The zero-order chi connectivity index (χ0) is 16.8. The Balaban J connectivity index is 1.54. The molecule has 0 unspecified atom stereocenters. The molecule has 0 spiro atoms. The first-order valence-electron chi connectivity index (χ1n) is 9.78. The lowest BCUT2D eigenvalue weighted by Gasteiger charge is -2.26. The molecule has 0 saturated heterocycles. The fraction of sp³-hybridized carbons (Fsp3) is 0.435. The highest BCUT2D eigenvalue weighted by atomic mass is 16.1. The summed E-state index contributed by atoms with van der Waals surface area (Å²) >= 11 is 0. The fourth-order valence-electron chi connectivity index (χ4n) is 3.77. The van der Waals surface area contributed by atoms with Crippen LogP contribution >= 0.6 is 0 Å². The van der Waals surface area contributed by atoms with Crippen molar-refractivity contribution in [2.24, 2.45) is 5.92 Å². The zero-order valence-electron chi connectivity index (χ0n) is 14.7. The number of anilines is 2. The minimum absolute atomic E-state index is 0.750. The normalized spacial score (nSPS) is 19.7. The summed E-state index contributed by atoms with van der Waals surface area (Å²) in [5, 5.41) is 0. The van der Waals surface area contributed by atoms with E-state index in [0.29, 0.717) is 0 Å². The molecule has 2 heteroatoms. The van der Waals surface area contributed by atoms with E-state index in [1.54, 1.807) is 11.1 Å². The van der Waals surface area contributed by atoms with Gasteiger partial charge in [-0.3, -0.25) is 4.79 Å². The molecule has 0 aliphatic heterocycles. The summed E-state index contributed by atoms with van der Waals surface area (Å²) in [4.78, 5) is 13.5. The van der Waals surface area contributed by atoms with Gasteiger partial charge in [0.2, 0.25) is 0 Å². The first kappa shape index (κ1) is 15.2. The number of benzene rings is 2. The van der Waals surface area contributed by atoms with Crippen LogP contribution in [0.5, 0.6) is 0 Å². The van der Waals surface area contributed by atoms with E-state index < -0.39 is 0 Å². The lowest BCUT2D eigenvalue weighted by Crippen LogP contribution is -2.20. The van der Waals surface area contributed by atoms with Crippen molar-refractivity contribution in [3.05, 3.63) is 59.2 Å². The average Bonchev–Trinajstić information content (AvgIpc) is 3.52. The van der Waals surface area contributed by atoms with Crippen molar-refractivity contribution in [3.63, 3.8) is 0 Å². The highest BCUT2D eigenvalue weighted by Crippen LogP contribution is 2.47. The number of hydrogen-bond donors (Lipinski definition) is 0. The maximum atomic E-state index is 11.0. The number of nitrogens with zero attached hydrogens (tertiary/aromatic N) is 1. The summed E-state index contributed by atoms with van der Waals surface area (Å²) in [6, 6.07) is 15.4. The standard InChI is InChI=1S/C23H25NO/c25-15-17-3-9-22(10-4-17)24(14-16-1-2-16)23-12-20(18-5-6-18)11-21(13-23)19-7-8-19/h3-4,9-13,15-16,18-19H,1-2,5-8,14H2. The predicted octanol–water partition coefficient (Wildman–Crippen LogP) is 5.80. The van der Waals surface area contributed by atoms with Crippen LogP contribution in [0.15, 0.2) is 42.5 Å². The number of hydrogen-bond acceptors (Lipinski definition) is 2. The lowest BCUT2D eigenvalue weighted by molar-refractivity contribution is 0.112. The van der Waals surface area contributed by atoms with Crippen LogP contribution in [-0.2, 0) is 0 Å². The second-order valence-corrected chi connectivity index (χ2v) is 8.17. The first-order valence-corrected chi connectivity index (χ1v) is 9.78. The van der Waals surface area contributed by atoms with Crippen molar-refractivity contribution < 1.29 is 4.79 Å². The topological polar surface area (TPSA) is 20.3 Å². The van der Waals surface area contributed by atoms with Gasteiger partial charge in [0, 0.05) is 23.5 Å². The third-order valence-corrected chi connectivity index (χ3v) is 5.85. The van der Waals surface area contributed by atoms with Gasteiger partial charge in [0.1, 0.15) is 6.29 Å². The molecule has 2 nitrogen and oxygen atoms in total. The number of aldehydes is 1. The molecule has 0 radical (unpaired) electrons. The van der Waals surface area contributed by atoms with Crippen molar-refractivity contribution >= 4 is 17.7 Å². The minimum atomic E-state index is 0.750. The highest BCUT2D eigenvalue weighted by Gasteiger charge is 2.30. The Kier molecular flexibility index (Phi) is 3.65. The van der Waals surface area contributed by atoms with Crippen molar-refractivity contribution in [3.8, 4) is 0 Å². The molecule has 0 amide bonds. The second-order valence-electron chi connectivity index (χ2n) is 8.17. The van der Waals surface area contributed by atoms with Crippen LogP contribution in [0.2, 0.25) is 0 Å². The molecule has 0 bridgehead atoms. The molecule has 2 aromatic rings. The smallest absolute Gasteiger partial charge is 0.150 e. The van der Waals surface area contributed by atoms with Crippen molar-refractivity contribution in [1.29, 1.82) is 0 Å². The van der Waals surface area contributed by atoms with Crippen LogP contribution in [-0.4, -0.2) is 12.8 Å². The molecular weight excluding hydrogens is 306 g/mol. The molecule has 0 atom stereocenters. The molecule has 128 valence electrons. The summed E-state index contributed by atoms with van der Waals surface area (Å²) in [5.74, 6) is 2.40. The summed E-state index contributed by atoms with van der Waals surface area (Å²) in [5.41, 5.74) is 6.42. The van der Waals surface area contributed by atoms with Gasteiger partial charge < -0.3 is 4.90 Å². The van der Waals surface area contributed by atoms with Gasteiger partial charge in [0.05, 0.1) is 0 Å². The zero-order valence-corrected chi connectivity index (χ0v) is 14.7. The molecule has 3 aliphatic carbocycles. The van der Waals surface area contributed by atoms with Crippen LogP contribution in [0, 0.1) is 5.92 Å². The molecule has 25 heavy (non-hydrogen) atoms. The van der Waals surface area contributed by atoms with E-state index >= 15 is 0 Å². The Bertz CT molecular complexity index is 752. The number of carbonyl (C=O) groups excluding carboxylic acids is 1. The number of carbonyl (C=O) groups is 1. The van der Waals surface area contributed by atoms with Crippen molar-refractivity contribution in [2.75, 3.05) is 11.4 Å². The SMILES string of the molecule is O=Cc1ccc(N(CC2CC2)c2cc(C3CC3)cc(C3CC3)c2)cc1. The third-order valence-electron chi connectivity index (χ3n) is 5.85. The Morgan fingerprint density at radius 1 is 0.800 bits per heavy atom. The van der Waals surface area contributed by atoms with Crippen LogP contribution in [0.3, 0.4) is 0 Å². The summed E-state index contributed by atoms with van der Waals surface area (Å²) < 4.78 is 0. The van der Waals surface area contributed by atoms with E-state index in [-0.39, 0.29) is 0 Å². The van der Waals surface area contributed by atoms with Crippen molar-refractivity contribution in [1.82, 2.24) is 0 Å². The summed E-state index contributed by atoms with van der Waals surface area (Å²) in [7, 11) is 0. The summed E-state index contributed by atoms with van der Waals surface area (Å²) in [6.45, 7) is 1.10. The molecule has 2 aromatic carbocycles. The van der Waals surface area contributed by atoms with E-state index in [1.165, 1.54) is 49.9 Å². The average molecular weight is 331 g/mol. The molecule has 5 rings (SSSR count). The Hall–Kier alpha value is -2.09. The van der Waals surface area contributed by atoms with Gasteiger partial charge in [-0.25, -0.2) is 0 Å². The maximum Gasteiger partial charge on any atom is 0.150 e. The van der Waals surface area contributed by atoms with Gasteiger partial charge in [-0.1, -0.05) is 6.07 Å². The number of rotatable bonds is 7. The van der Waals surface area contributed by atoms with Gasteiger partial charge in [0.15, 0.2) is 0 Å². The second kappa shape index (κ2) is 6.01. The summed E-state index contributed by atoms with van der Waals surface area (Å²) in [6.07, 6.45) is 9.03. The highest BCUT2D eigenvalue weighted by molar-refractivity contribution is 5.76. The molecule has 3 fully saturated rings. The predicted molar refractivity (Wildman–Crippen MR) is 102 cm³/mol. The molecule has 0 aromatic heterocycles. The van der Waals surface area contributed by atoms with Crippen LogP contribution in [0.1, 0.15) is 71.8 Å². The first-order chi connectivity index (χ1) is 12.3. The van der Waals surface area contributed by atoms with Gasteiger partial charge in [-0.05, 0) is 104 Å². The van der Waals surface area contributed by atoms with E-state index in [0.717, 1.165) is 36.1 Å². The van der Waals surface area contributed by atoms with Crippen molar-refractivity contribution in [2.45, 2.75) is 50.4 Å². The van der Waals surface area contributed by atoms with Crippen LogP contribution in [0.25, 0.3) is 0 Å². The van der Waals surface area contributed by atoms with Gasteiger partial charge >= 0.3 is 0 Å². The van der Waals surface area contributed by atoms with Gasteiger partial charge in [-0.15, -0.1) is 0 Å². The van der Waals surface area contributed by atoms with E-state index in [4.69, 9.17) is 0 Å². The Morgan fingerprint density at radius 2 is 1.40 bits per heavy atom. The quantitative estimate of drug-likeness (QED) is 0.597. The lowest BCUT2D eigenvalue weighted by atomic mass is 10.0. The van der Waals surface area contributed by atoms with Crippen LogP contribution < -0.4 is 4.90 Å². The van der Waals surface area contributed by atoms with Gasteiger partial charge in [-0.2, -0.15) is 0 Å². The van der Waals surface area contributed by atoms with E-state index in [2.05, 4.69) is 35.2 Å². The largest absolute Gasteiger partial charge is 0.341 e. The molecule has 0 heterocycles. The Morgan fingerprint density at radius 3 is 1.88 bits per heavy atom. The minimum Gasteiger partial charge on any atom is -0.341 e. The molecule has 3 saturated carbocycles. The molecular formula is C23H25NO. The van der Waals surface area contributed by atoms with Crippen LogP contribution in [0.4, 0.5) is 11.4 Å².